The number of hydrogen-bond donors (Lipinski definition) is 1. The molecule has 0 aromatic rings. The van der Waals surface area contributed by atoms with Crippen molar-refractivity contribution in [3.8, 4) is 0 Å². The van der Waals surface area contributed by atoms with Gasteiger partial charge in [-0.3, -0.25) is 0 Å². The van der Waals surface area contributed by atoms with E-state index >= 15 is 0 Å². The molecule has 1 aliphatic heterocycles. The predicted octanol–water partition coefficient (Wildman–Crippen LogP) is 2.43. The minimum atomic E-state index is 0.462. The van der Waals surface area contributed by atoms with E-state index in [1.54, 1.807) is 0 Å². The zero-order valence-corrected chi connectivity index (χ0v) is 10.7. The first kappa shape index (κ1) is 11.7. The average Bonchev–Trinajstić information content (AvgIpc) is 2.69. The average molecular weight is 229 g/mol. The van der Waals surface area contributed by atoms with Crippen molar-refractivity contribution in [1.82, 2.24) is 5.32 Å². The maximum Gasteiger partial charge on any atom is 0.0724 e. The molecule has 0 spiro atoms. The van der Waals surface area contributed by atoms with Crippen LogP contribution in [0.4, 0.5) is 0 Å². The van der Waals surface area contributed by atoms with E-state index in [4.69, 9.17) is 4.74 Å². The monoisotopic (exact) mass is 229 g/mol. The Labute approximate surface area is 97.5 Å². The zero-order valence-electron chi connectivity index (χ0n) is 9.87. The molecule has 88 valence electrons. The van der Waals surface area contributed by atoms with Crippen molar-refractivity contribution in [1.29, 1.82) is 0 Å². The molecule has 2 aliphatic rings. The molecule has 2 fully saturated rings. The number of ether oxygens (including phenoxy) is 1. The molecule has 0 amide bonds. The first-order valence-electron chi connectivity index (χ1n) is 6.21. The Balaban J connectivity index is 1.84. The maximum absolute atomic E-state index is 5.53. The minimum Gasteiger partial charge on any atom is -0.380 e. The summed E-state index contributed by atoms with van der Waals surface area (Å²) in [5.74, 6) is 1.34. The molecule has 2 rings (SSSR count). The lowest BCUT2D eigenvalue weighted by Gasteiger charge is -2.33. The highest BCUT2D eigenvalue weighted by Gasteiger charge is 2.31. The molecule has 1 N–H and O–H groups in total. The third-order valence-corrected chi connectivity index (χ3v) is 5.17. The van der Waals surface area contributed by atoms with E-state index in [-0.39, 0.29) is 0 Å². The molecule has 1 saturated carbocycles. The summed E-state index contributed by atoms with van der Waals surface area (Å²) in [5.41, 5.74) is 0. The van der Waals surface area contributed by atoms with Crippen LogP contribution in [-0.2, 0) is 4.74 Å². The van der Waals surface area contributed by atoms with E-state index in [9.17, 15) is 0 Å². The number of methoxy groups -OCH3 is 1. The zero-order chi connectivity index (χ0) is 10.7. The second kappa shape index (κ2) is 5.55. The van der Waals surface area contributed by atoms with Gasteiger partial charge in [0, 0.05) is 24.4 Å². The number of nitrogens with one attached hydrogen (secondary N) is 1. The fourth-order valence-electron chi connectivity index (χ4n) is 2.82. The van der Waals surface area contributed by atoms with Crippen LogP contribution in [0.5, 0.6) is 0 Å². The number of rotatable bonds is 3. The highest BCUT2D eigenvalue weighted by molar-refractivity contribution is 7.99. The number of hydrogen-bond acceptors (Lipinski definition) is 3. The van der Waals surface area contributed by atoms with Crippen LogP contribution in [0.25, 0.3) is 0 Å². The molecule has 4 atom stereocenters. The van der Waals surface area contributed by atoms with E-state index in [0.717, 1.165) is 5.25 Å². The Hall–Kier alpha value is 0.270. The van der Waals surface area contributed by atoms with Gasteiger partial charge in [0.1, 0.15) is 0 Å². The molecule has 15 heavy (non-hydrogen) atoms. The molecule has 1 heterocycles. The Morgan fingerprint density at radius 3 is 2.67 bits per heavy atom. The summed E-state index contributed by atoms with van der Waals surface area (Å²) in [4.78, 5) is 0. The van der Waals surface area contributed by atoms with E-state index < -0.39 is 0 Å². The smallest absolute Gasteiger partial charge is 0.0724 e. The fourth-order valence-corrected chi connectivity index (χ4v) is 3.97. The standard InChI is InChI=1S/C12H23NOS/c1-9-10(6-4-8-15-9)13-11-5-3-7-12(11)14-2/h9-13H,3-8H2,1-2H3. The Kier molecular flexibility index (Phi) is 4.35. The predicted molar refractivity (Wildman–Crippen MR) is 66.5 cm³/mol. The lowest BCUT2D eigenvalue weighted by molar-refractivity contribution is 0.0806. The first-order chi connectivity index (χ1) is 7.31. The van der Waals surface area contributed by atoms with Gasteiger partial charge in [-0.1, -0.05) is 6.92 Å². The lowest BCUT2D eigenvalue weighted by atomic mass is 10.1. The highest BCUT2D eigenvalue weighted by atomic mass is 32.2. The van der Waals surface area contributed by atoms with Crippen LogP contribution in [0.2, 0.25) is 0 Å². The third kappa shape index (κ3) is 2.89. The van der Waals surface area contributed by atoms with E-state index in [1.165, 1.54) is 37.9 Å². The molecular formula is C12H23NOS. The summed E-state index contributed by atoms with van der Waals surface area (Å²) >= 11 is 2.12. The fraction of sp³-hybridized carbons (Fsp3) is 1.00. The number of thioether (sulfide) groups is 1. The molecular weight excluding hydrogens is 206 g/mol. The molecule has 0 radical (unpaired) electrons. The van der Waals surface area contributed by atoms with Crippen LogP contribution >= 0.6 is 11.8 Å². The second-order valence-corrected chi connectivity index (χ2v) is 6.29. The van der Waals surface area contributed by atoms with Crippen molar-refractivity contribution in [3.63, 3.8) is 0 Å². The SMILES string of the molecule is COC1CCCC1NC1CCCSC1C. The van der Waals surface area contributed by atoms with Crippen LogP contribution in [-0.4, -0.2) is 36.3 Å². The molecule has 2 nitrogen and oxygen atoms in total. The van der Waals surface area contributed by atoms with Crippen molar-refractivity contribution in [3.05, 3.63) is 0 Å². The van der Waals surface area contributed by atoms with E-state index in [2.05, 4.69) is 24.0 Å². The largest absolute Gasteiger partial charge is 0.380 e. The van der Waals surface area contributed by atoms with Gasteiger partial charge in [-0.05, 0) is 37.9 Å². The molecule has 3 heteroatoms. The summed E-state index contributed by atoms with van der Waals surface area (Å²) in [6.07, 6.45) is 7.04. The quantitative estimate of drug-likeness (QED) is 0.803. The van der Waals surface area contributed by atoms with Gasteiger partial charge in [0.25, 0.3) is 0 Å². The van der Waals surface area contributed by atoms with Crippen molar-refractivity contribution < 1.29 is 4.74 Å². The third-order valence-electron chi connectivity index (χ3n) is 3.79. The van der Waals surface area contributed by atoms with Crippen molar-refractivity contribution in [2.45, 2.75) is 62.5 Å². The normalized spacial score (nSPS) is 42.0. The van der Waals surface area contributed by atoms with Gasteiger partial charge in [-0.25, -0.2) is 0 Å². The van der Waals surface area contributed by atoms with Crippen LogP contribution in [0.3, 0.4) is 0 Å². The van der Waals surface area contributed by atoms with Gasteiger partial charge in [0.15, 0.2) is 0 Å². The second-order valence-electron chi connectivity index (χ2n) is 4.80. The molecule has 0 aromatic carbocycles. The van der Waals surface area contributed by atoms with Crippen molar-refractivity contribution in [2.75, 3.05) is 12.9 Å². The van der Waals surface area contributed by atoms with Crippen LogP contribution in [0.15, 0.2) is 0 Å². The van der Waals surface area contributed by atoms with Gasteiger partial charge in [-0.15, -0.1) is 0 Å². The maximum atomic E-state index is 5.53. The summed E-state index contributed by atoms with van der Waals surface area (Å²) in [6, 6.07) is 1.32. The Morgan fingerprint density at radius 2 is 1.93 bits per heavy atom. The summed E-state index contributed by atoms with van der Waals surface area (Å²) in [7, 11) is 1.85. The van der Waals surface area contributed by atoms with Gasteiger partial charge >= 0.3 is 0 Å². The van der Waals surface area contributed by atoms with Gasteiger partial charge in [0.2, 0.25) is 0 Å². The van der Waals surface area contributed by atoms with Crippen molar-refractivity contribution >= 4 is 11.8 Å². The Morgan fingerprint density at radius 1 is 1.13 bits per heavy atom. The Bertz CT molecular complexity index is 200. The van der Waals surface area contributed by atoms with Crippen molar-refractivity contribution in [2.24, 2.45) is 0 Å². The van der Waals surface area contributed by atoms with Crippen LogP contribution in [0, 0.1) is 0 Å². The highest BCUT2D eigenvalue weighted by Crippen LogP contribution is 2.28. The van der Waals surface area contributed by atoms with Gasteiger partial charge < -0.3 is 10.1 Å². The summed E-state index contributed by atoms with van der Waals surface area (Å²) in [5, 5.41) is 4.60. The van der Waals surface area contributed by atoms with Gasteiger partial charge in [-0.2, -0.15) is 11.8 Å². The van der Waals surface area contributed by atoms with Crippen LogP contribution in [0.1, 0.15) is 39.0 Å². The minimum absolute atomic E-state index is 0.462. The van der Waals surface area contributed by atoms with Gasteiger partial charge in [0.05, 0.1) is 6.10 Å². The topological polar surface area (TPSA) is 21.3 Å². The summed E-state index contributed by atoms with van der Waals surface area (Å²) in [6.45, 7) is 2.36. The van der Waals surface area contributed by atoms with Crippen LogP contribution < -0.4 is 5.32 Å². The molecule has 4 unspecified atom stereocenters. The lowest BCUT2D eigenvalue weighted by Crippen LogP contribution is -2.48. The van der Waals surface area contributed by atoms with E-state index in [1.807, 2.05) is 7.11 Å². The summed E-state index contributed by atoms with van der Waals surface area (Å²) < 4.78 is 5.53. The molecule has 0 bridgehead atoms. The molecule has 1 aliphatic carbocycles. The molecule has 1 saturated heterocycles. The first-order valence-corrected chi connectivity index (χ1v) is 7.26. The van der Waals surface area contributed by atoms with E-state index in [0.29, 0.717) is 18.2 Å². The molecule has 0 aromatic heterocycles.